The molecule has 9 nitrogen and oxygen atoms in total. The lowest BCUT2D eigenvalue weighted by molar-refractivity contribution is -0.197. The molecular weight excluding hydrogens is 492 g/mol. The van der Waals surface area contributed by atoms with Crippen LogP contribution in [-0.2, 0) is 14.3 Å². The average Bonchev–Trinajstić information content (AvgIpc) is 3.04. The zero-order valence-electron chi connectivity index (χ0n) is 23.5. The Balaban J connectivity index is 1.65. The van der Waals surface area contributed by atoms with Gasteiger partial charge in [0.1, 0.15) is 5.60 Å². The Bertz CT molecular complexity index is 1000. The second-order valence-corrected chi connectivity index (χ2v) is 13.9. The Morgan fingerprint density at radius 1 is 1.13 bits per heavy atom. The van der Waals surface area contributed by atoms with Gasteiger partial charge in [-0.1, -0.05) is 13.8 Å². The van der Waals surface area contributed by atoms with Gasteiger partial charge in [-0.2, -0.15) is 0 Å². The summed E-state index contributed by atoms with van der Waals surface area (Å²) in [4.78, 5) is 24.8. The molecule has 0 bridgehead atoms. The van der Waals surface area contributed by atoms with Crippen molar-refractivity contribution in [1.82, 2.24) is 0 Å². The predicted molar refractivity (Wildman–Crippen MR) is 138 cm³/mol. The average molecular weight is 539 g/mol. The van der Waals surface area contributed by atoms with Gasteiger partial charge >= 0.3 is 5.97 Å². The van der Waals surface area contributed by atoms with Crippen LogP contribution in [0.25, 0.3) is 0 Å². The minimum atomic E-state index is -1.63. The molecule has 3 saturated carbocycles. The maximum absolute atomic E-state index is 13.3. The van der Waals surface area contributed by atoms with Gasteiger partial charge in [0.2, 0.25) is 0 Å². The van der Waals surface area contributed by atoms with Gasteiger partial charge in [-0.15, -0.1) is 0 Å². The van der Waals surface area contributed by atoms with Gasteiger partial charge in [0.05, 0.1) is 35.6 Å². The molecule has 0 amide bonds. The number of hydrogen-bond acceptors (Lipinski definition) is 9. The molecule has 0 aromatic carbocycles. The van der Waals surface area contributed by atoms with Crippen molar-refractivity contribution >= 4 is 11.8 Å². The third kappa shape index (κ3) is 4.38. The zero-order valence-corrected chi connectivity index (χ0v) is 23.5. The van der Waals surface area contributed by atoms with E-state index in [1.807, 2.05) is 13.8 Å². The van der Waals surface area contributed by atoms with E-state index in [2.05, 4.69) is 0 Å². The SMILES string of the molecule is CC(=O)OC(C)(C)CCC(O)C(C)(O)C1CCC2(O)C3=CC(=O)C4CC(O)C(O)CC4(C)C3C(O)CC12C. The second-order valence-electron chi connectivity index (χ2n) is 13.9. The first kappa shape index (κ1) is 29.6. The van der Waals surface area contributed by atoms with Crippen LogP contribution in [0.5, 0.6) is 0 Å². The molecule has 0 aromatic rings. The van der Waals surface area contributed by atoms with Crippen LogP contribution in [0.3, 0.4) is 0 Å². The van der Waals surface area contributed by atoms with Crippen LogP contribution in [0.2, 0.25) is 0 Å². The molecule has 4 rings (SSSR count). The van der Waals surface area contributed by atoms with Crippen molar-refractivity contribution in [2.75, 3.05) is 0 Å². The number of ether oxygens (including phenoxy) is 1. The largest absolute Gasteiger partial charge is 0.460 e. The highest BCUT2D eigenvalue weighted by atomic mass is 16.6. The van der Waals surface area contributed by atoms with E-state index in [1.165, 1.54) is 13.0 Å². The van der Waals surface area contributed by atoms with E-state index in [0.29, 0.717) is 18.4 Å². The summed E-state index contributed by atoms with van der Waals surface area (Å²) in [6.07, 6.45) is -1.25. The number of aliphatic hydroxyl groups excluding tert-OH is 4. The summed E-state index contributed by atoms with van der Waals surface area (Å²) in [5, 5.41) is 67.5. The molecule has 6 N–H and O–H groups in total. The molecule has 0 aliphatic heterocycles. The Kier molecular flexibility index (Phi) is 7.29. The molecule has 4 aliphatic rings. The lowest BCUT2D eigenvalue weighted by Gasteiger charge is -2.62. The van der Waals surface area contributed by atoms with E-state index in [1.54, 1.807) is 20.8 Å². The van der Waals surface area contributed by atoms with E-state index in [-0.39, 0.29) is 37.9 Å². The van der Waals surface area contributed by atoms with Crippen LogP contribution in [0.4, 0.5) is 0 Å². The smallest absolute Gasteiger partial charge is 0.303 e. The highest BCUT2D eigenvalue weighted by Crippen LogP contribution is 2.68. The fourth-order valence-electron chi connectivity index (χ4n) is 8.87. The van der Waals surface area contributed by atoms with Crippen LogP contribution < -0.4 is 0 Å². The molecule has 0 heterocycles. The standard InChI is InChI=1S/C29H46O9/c1-15(30)38-25(2,3)9-8-23(35)28(6,36)22-7-10-29(37)17-12-18(31)16-11-19(32)20(33)13-26(16,4)24(17)21(34)14-27(22,29)5/h12,16,19-24,32-37H,7-11,13-14H2,1-6H3. The molecule has 38 heavy (non-hydrogen) atoms. The van der Waals surface area contributed by atoms with Gasteiger partial charge in [-0.3, -0.25) is 9.59 Å². The maximum atomic E-state index is 13.3. The highest BCUT2D eigenvalue weighted by molar-refractivity contribution is 5.95. The number of fused-ring (bicyclic) bond motifs is 5. The Hall–Kier alpha value is -1.36. The van der Waals surface area contributed by atoms with Crippen molar-refractivity contribution in [3.05, 3.63) is 11.6 Å². The van der Waals surface area contributed by atoms with Crippen LogP contribution in [0, 0.1) is 28.6 Å². The first-order chi connectivity index (χ1) is 17.3. The van der Waals surface area contributed by atoms with Crippen molar-refractivity contribution in [3.8, 4) is 0 Å². The number of carbonyl (C=O) groups is 2. The topological polar surface area (TPSA) is 165 Å². The molecule has 216 valence electrons. The lowest BCUT2D eigenvalue weighted by atomic mass is 9.45. The molecule has 11 unspecified atom stereocenters. The van der Waals surface area contributed by atoms with Gasteiger partial charge in [-0.05, 0) is 88.7 Å². The van der Waals surface area contributed by atoms with Crippen molar-refractivity contribution in [2.24, 2.45) is 28.6 Å². The summed E-state index contributed by atoms with van der Waals surface area (Å²) >= 11 is 0. The fraction of sp³-hybridized carbons (Fsp3) is 0.862. The normalized spacial score (nSPS) is 45.3. The van der Waals surface area contributed by atoms with Crippen LogP contribution >= 0.6 is 0 Å². The number of ketones is 1. The minimum Gasteiger partial charge on any atom is -0.460 e. The molecule has 3 fully saturated rings. The summed E-state index contributed by atoms with van der Waals surface area (Å²) < 4.78 is 5.32. The predicted octanol–water partition coefficient (Wildman–Crippen LogP) is 1.40. The monoisotopic (exact) mass is 538 g/mol. The third-order valence-electron chi connectivity index (χ3n) is 10.9. The third-order valence-corrected chi connectivity index (χ3v) is 10.9. The zero-order chi connectivity index (χ0) is 28.6. The van der Waals surface area contributed by atoms with Gasteiger partial charge in [0.25, 0.3) is 0 Å². The van der Waals surface area contributed by atoms with Crippen molar-refractivity contribution in [1.29, 1.82) is 0 Å². The summed E-state index contributed by atoms with van der Waals surface area (Å²) in [7, 11) is 0. The molecule has 0 radical (unpaired) electrons. The first-order valence-electron chi connectivity index (χ1n) is 13.9. The van der Waals surface area contributed by atoms with Gasteiger partial charge in [0.15, 0.2) is 5.78 Å². The molecule has 4 aliphatic carbocycles. The van der Waals surface area contributed by atoms with Crippen molar-refractivity contribution < 1.29 is 45.0 Å². The van der Waals surface area contributed by atoms with E-state index >= 15 is 0 Å². The molecule has 9 heteroatoms. The van der Waals surface area contributed by atoms with E-state index in [4.69, 9.17) is 4.74 Å². The Morgan fingerprint density at radius 3 is 2.37 bits per heavy atom. The number of hydrogen-bond donors (Lipinski definition) is 6. The molecular formula is C29H46O9. The number of rotatable bonds is 6. The summed E-state index contributed by atoms with van der Waals surface area (Å²) in [6, 6.07) is 0. The second kappa shape index (κ2) is 9.35. The molecule has 0 saturated heterocycles. The minimum absolute atomic E-state index is 0.104. The van der Waals surface area contributed by atoms with Crippen molar-refractivity contribution in [2.45, 2.75) is 128 Å². The van der Waals surface area contributed by atoms with E-state index < -0.39 is 75.8 Å². The number of carbonyl (C=O) groups excluding carboxylic acids is 2. The highest BCUT2D eigenvalue weighted by Gasteiger charge is 2.71. The first-order valence-corrected chi connectivity index (χ1v) is 13.9. The van der Waals surface area contributed by atoms with E-state index in [0.717, 1.165) is 0 Å². The molecule has 0 aromatic heterocycles. The van der Waals surface area contributed by atoms with E-state index in [9.17, 15) is 40.2 Å². The van der Waals surface area contributed by atoms with Crippen LogP contribution in [0.15, 0.2) is 11.6 Å². The maximum Gasteiger partial charge on any atom is 0.303 e. The number of esters is 1. The van der Waals surface area contributed by atoms with Gasteiger partial charge < -0.3 is 35.4 Å². The summed E-state index contributed by atoms with van der Waals surface area (Å²) in [6.45, 7) is 10.0. The van der Waals surface area contributed by atoms with Crippen molar-refractivity contribution in [3.63, 3.8) is 0 Å². The number of aliphatic hydroxyl groups is 6. The summed E-state index contributed by atoms with van der Waals surface area (Å²) in [5.74, 6) is -2.40. The van der Waals surface area contributed by atoms with Gasteiger partial charge in [0, 0.05) is 24.2 Å². The molecule has 11 atom stereocenters. The Morgan fingerprint density at radius 2 is 1.76 bits per heavy atom. The fourth-order valence-corrected chi connectivity index (χ4v) is 8.87. The quantitative estimate of drug-likeness (QED) is 0.274. The molecule has 0 spiro atoms. The van der Waals surface area contributed by atoms with Gasteiger partial charge in [-0.25, -0.2) is 0 Å². The van der Waals surface area contributed by atoms with Crippen LogP contribution in [0.1, 0.15) is 86.5 Å². The summed E-state index contributed by atoms with van der Waals surface area (Å²) in [5.41, 5.74) is -5.38. The Labute approximate surface area is 224 Å². The number of allylic oxidation sites excluding steroid dienone is 1. The van der Waals surface area contributed by atoms with Crippen LogP contribution in [-0.4, -0.2) is 83.6 Å². The lowest BCUT2D eigenvalue weighted by Crippen LogP contribution is -2.66.